The third-order valence-corrected chi connectivity index (χ3v) is 8.04. The van der Waals surface area contributed by atoms with Crippen molar-refractivity contribution in [3.8, 4) is 0 Å². The van der Waals surface area contributed by atoms with Crippen LogP contribution < -0.4 is 4.72 Å². The van der Waals surface area contributed by atoms with E-state index in [1.165, 1.54) is 0 Å². The molecule has 2 aromatic carbocycles. The lowest BCUT2D eigenvalue weighted by atomic mass is 10.1. The van der Waals surface area contributed by atoms with Crippen LogP contribution >= 0.6 is 0 Å². The van der Waals surface area contributed by atoms with Crippen LogP contribution in [0.1, 0.15) is 40.3 Å². The van der Waals surface area contributed by atoms with Crippen LogP contribution in [-0.4, -0.2) is 29.5 Å². The van der Waals surface area contributed by atoms with E-state index in [1.807, 2.05) is 13.8 Å². The van der Waals surface area contributed by atoms with Gasteiger partial charge in [0.2, 0.25) is 10.0 Å². The summed E-state index contributed by atoms with van der Waals surface area (Å²) in [6, 6.07) is 6.42. The van der Waals surface area contributed by atoms with E-state index in [1.54, 1.807) is 58.9 Å². The molecule has 0 aliphatic heterocycles. The molecule has 2 rings (SSSR count). The Kier molecular flexibility index (Phi) is 6.94. The second-order valence-electron chi connectivity index (χ2n) is 7.72. The number of nitrogens with one attached hydrogen (secondary N) is 1. The third-order valence-electron chi connectivity index (χ3n) is 4.56. The molecule has 2 aromatic rings. The van der Waals surface area contributed by atoms with Gasteiger partial charge in [0.05, 0.1) is 16.4 Å². The molecule has 1 unspecified atom stereocenters. The van der Waals surface area contributed by atoms with Crippen molar-refractivity contribution in [2.75, 3.05) is 6.61 Å². The zero-order chi connectivity index (χ0) is 22.1. The Labute approximate surface area is 174 Å². The maximum atomic E-state index is 12.8. The van der Waals surface area contributed by atoms with Gasteiger partial charge in [-0.15, -0.1) is 0 Å². The molecule has 1 N–H and O–H groups in total. The predicted octanol–water partition coefficient (Wildman–Crippen LogP) is 3.61. The molecule has 0 spiro atoms. The summed E-state index contributed by atoms with van der Waals surface area (Å²) in [6.07, 6.45) is 0. The SMILES string of the molecule is Cc1cc(C)c(S(=O)(=O)NC(C)COS(=O)(=O)c2c(C)cc(C)cc2C)c(C)c1. The topological polar surface area (TPSA) is 89.5 Å². The van der Waals surface area contributed by atoms with Gasteiger partial charge in [-0.1, -0.05) is 35.4 Å². The molecule has 0 bridgehead atoms. The third kappa shape index (κ3) is 5.45. The summed E-state index contributed by atoms with van der Waals surface area (Å²) in [4.78, 5) is 0.339. The van der Waals surface area contributed by atoms with E-state index >= 15 is 0 Å². The van der Waals surface area contributed by atoms with Gasteiger partial charge in [0, 0.05) is 6.04 Å². The van der Waals surface area contributed by atoms with Crippen LogP contribution in [-0.2, 0) is 24.3 Å². The highest BCUT2D eigenvalue weighted by molar-refractivity contribution is 7.89. The second-order valence-corrected chi connectivity index (χ2v) is 10.9. The molecule has 1 atom stereocenters. The van der Waals surface area contributed by atoms with E-state index in [9.17, 15) is 16.8 Å². The minimum absolute atomic E-state index is 0.128. The Hall–Kier alpha value is -1.74. The van der Waals surface area contributed by atoms with Crippen LogP contribution in [0.5, 0.6) is 0 Å². The first-order valence-electron chi connectivity index (χ1n) is 9.32. The van der Waals surface area contributed by atoms with Crippen LogP contribution in [0.15, 0.2) is 34.1 Å². The lowest BCUT2D eigenvalue weighted by molar-refractivity contribution is 0.290. The molecule has 0 fully saturated rings. The minimum atomic E-state index is -4.01. The van der Waals surface area contributed by atoms with E-state index in [-0.39, 0.29) is 16.4 Å². The Balaban J connectivity index is 2.19. The number of hydrogen-bond donors (Lipinski definition) is 1. The van der Waals surface area contributed by atoms with Gasteiger partial charge >= 0.3 is 0 Å². The van der Waals surface area contributed by atoms with Gasteiger partial charge in [-0.3, -0.25) is 4.18 Å². The molecule has 160 valence electrons. The van der Waals surface area contributed by atoms with Gasteiger partial charge < -0.3 is 0 Å². The largest absolute Gasteiger partial charge is 0.297 e. The first kappa shape index (κ1) is 23.5. The predicted molar refractivity (Wildman–Crippen MR) is 114 cm³/mol. The summed E-state index contributed by atoms with van der Waals surface area (Å²) < 4.78 is 58.7. The van der Waals surface area contributed by atoms with Crippen LogP contribution in [0.4, 0.5) is 0 Å². The quantitative estimate of drug-likeness (QED) is 0.666. The number of benzene rings is 2. The van der Waals surface area contributed by atoms with E-state index in [4.69, 9.17) is 4.18 Å². The van der Waals surface area contributed by atoms with Crippen LogP contribution in [0.2, 0.25) is 0 Å². The van der Waals surface area contributed by atoms with E-state index in [0.29, 0.717) is 22.3 Å². The highest BCUT2D eigenvalue weighted by Gasteiger charge is 2.25. The molecule has 0 saturated carbocycles. The van der Waals surface area contributed by atoms with Crippen molar-refractivity contribution in [3.63, 3.8) is 0 Å². The Morgan fingerprint density at radius 3 is 1.55 bits per heavy atom. The summed E-state index contributed by atoms with van der Waals surface area (Å²) in [6.45, 7) is 12.0. The normalized spacial score (nSPS) is 13.5. The first-order valence-corrected chi connectivity index (χ1v) is 12.2. The molecule has 0 aliphatic rings. The maximum absolute atomic E-state index is 12.8. The molecule has 0 heterocycles. The fourth-order valence-electron chi connectivity index (χ4n) is 3.76. The van der Waals surface area contributed by atoms with Crippen molar-refractivity contribution >= 4 is 20.1 Å². The average Bonchev–Trinajstić information content (AvgIpc) is 2.49. The van der Waals surface area contributed by atoms with Crippen molar-refractivity contribution in [2.24, 2.45) is 0 Å². The smallest absolute Gasteiger partial charge is 0.265 e. The van der Waals surface area contributed by atoms with E-state index in [0.717, 1.165) is 11.1 Å². The zero-order valence-corrected chi connectivity index (χ0v) is 19.6. The molecule has 29 heavy (non-hydrogen) atoms. The number of sulfonamides is 1. The van der Waals surface area contributed by atoms with E-state index < -0.39 is 26.2 Å². The van der Waals surface area contributed by atoms with Gasteiger partial charge in [0.25, 0.3) is 10.1 Å². The molecule has 0 amide bonds. The fraction of sp³-hybridized carbons (Fsp3) is 0.429. The van der Waals surface area contributed by atoms with Crippen molar-refractivity contribution in [3.05, 3.63) is 57.6 Å². The van der Waals surface area contributed by atoms with Crippen LogP contribution in [0.3, 0.4) is 0 Å². The lowest BCUT2D eigenvalue weighted by Crippen LogP contribution is -2.37. The number of aryl methyl sites for hydroxylation is 6. The van der Waals surface area contributed by atoms with Crippen molar-refractivity contribution in [1.82, 2.24) is 4.72 Å². The standard InChI is InChI=1S/C21H29NO5S2/c1-13-8-15(3)20(16(4)9-13)28(23,24)22-19(7)12-27-29(25,26)21-17(5)10-14(2)11-18(21)6/h8-11,19,22H,12H2,1-7H3. The Bertz CT molecular complexity index is 1090. The highest BCUT2D eigenvalue weighted by atomic mass is 32.2. The molecule has 0 aromatic heterocycles. The molecule has 0 radical (unpaired) electrons. The van der Waals surface area contributed by atoms with Gasteiger partial charge in [0.1, 0.15) is 0 Å². The average molecular weight is 440 g/mol. The van der Waals surface area contributed by atoms with Crippen molar-refractivity contribution in [2.45, 2.75) is 64.3 Å². The lowest BCUT2D eigenvalue weighted by Gasteiger charge is -2.18. The zero-order valence-electron chi connectivity index (χ0n) is 18.0. The van der Waals surface area contributed by atoms with Crippen molar-refractivity contribution < 1.29 is 21.0 Å². The van der Waals surface area contributed by atoms with Crippen LogP contribution in [0.25, 0.3) is 0 Å². The molecular weight excluding hydrogens is 410 g/mol. The number of hydrogen-bond acceptors (Lipinski definition) is 5. The Morgan fingerprint density at radius 1 is 0.759 bits per heavy atom. The molecule has 0 aliphatic carbocycles. The van der Waals surface area contributed by atoms with Crippen molar-refractivity contribution in [1.29, 1.82) is 0 Å². The highest BCUT2D eigenvalue weighted by Crippen LogP contribution is 2.24. The fourth-order valence-corrected chi connectivity index (χ4v) is 6.85. The molecule has 8 heteroatoms. The van der Waals surface area contributed by atoms with Gasteiger partial charge in [-0.2, -0.15) is 8.42 Å². The summed E-state index contributed by atoms with van der Waals surface area (Å²) in [5.41, 5.74) is 4.42. The summed E-state index contributed by atoms with van der Waals surface area (Å²) in [7, 11) is -7.83. The minimum Gasteiger partial charge on any atom is -0.265 e. The Morgan fingerprint density at radius 2 is 1.14 bits per heavy atom. The summed E-state index contributed by atoms with van der Waals surface area (Å²) in [5.74, 6) is 0. The maximum Gasteiger partial charge on any atom is 0.297 e. The molecule has 6 nitrogen and oxygen atoms in total. The summed E-state index contributed by atoms with van der Waals surface area (Å²) >= 11 is 0. The van der Waals surface area contributed by atoms with Gasteiger partial charge in [-0.05, 0) is 70.7 Å². The first-order chi connectivity index (χ1) is 13.2. The molecular formula is C21H29NO5S2. The molecule has 0 saturated heterocycles. The van der Waals surface area contributed by atoms with Gasteiger partial charge in [-0.25, -0.2) is 13.1 Å². The summed E-state index contributed by atoms with van der Waals surface area (Å²) in [5, 5.41) is 0. The second kappa shape index (κ2) is 8.55. The monoisotopic (exact) mass is 439 g/mol. The van der Waals surface area contributed by atoms with Gasteiger partial charge in [0.15, 0.2) is 0 Å². The number of rotatable bonds is 7. The van der Waals surface area contributed by atoms with Crippen LogP contribution in [0, 0.1) is 41.5 Å². The van der Waals surface area contributed by atoms with E-state index in [2.05, 4.69) is 4.72 Å².